The SMILES string of the molecule is CN1CCN(C(C#N)c2cccc(C(F)(F)F)c2)CC1. The Kier molecular flexibility index (Phi) is 4.31. The van der Waals surface area contributed by atoms with E-state index in [2.05, 4.69) is 11.0 Å². The Morgan fingerprint density at radius 1 is 1.20 bits per heavy atom. The Hall–Kier alpha value is -1.58. The number of hydrogen-bond donors (Lipinski definition) is 0. The summed E-state index contributed by atoms with van der Waals surface area (Å²) < 4.78 is 38.2. The zero-order valence-corrected chi connectivity index (χ0v) is 11.2. The molecule has 0 spiro atoms. The lowest BCUT2D eigenvalue weighted by Gasteiger charge is -2.35. The van der Waals surface area contributed by atoms with Crippen molar-refractivity contribution in [3.05, 3.63) is 35.4 Å². The summed E-state index contributed by atoms with van der Waals surface area (Å²) in [7, 11) is 1.99. The van der Waals surface area contributed by atoms with Crippen LogP contribution in [-0.2, 0) is 6.18 Å². The largest absolute Gasteiger partial charge is 0.416 e. The normalized spacial score (nSPS) is 19.6. The van der Waals surface area contributed by atoms with Crippen molar-refractivity contribution in [3.63, 3.8) is 0 Å². The highest BCUT2D eigenvalue weighted by atomic mass is 19.4. The van der Waals surface area contributed by atoms with Crippen molar-refractivity contribution in [1.82, 2.24) is 9.80 Å². The average molecular weight is 283 g/mol. The standard InChI is InChI=1S/C14H16F3N3/c1-19-5-7-20(8-6-19)13(10-18)11-3-2-4-12(9-11)14(15,16)17/h2-4,9,13H,5-8H2,1H3. The summed E-state index contributed by atoms with van der Waals surface area (Å²) in [5.74, 6) is 0. The van der Waals surface area contributed by atoms with Crippen molar-refractivity contribution < 1.29 is 13.2 Å². The zero-order chi connectivity index (χ0) is 14.8. The number of hydrogen-bond acceptors (Lipinski definition) is 3. The molecule has 1 unspecified atom stereocenters. The summed E-state index contributed by atoms with van der Waals surface area (Å²) in [5, 5.41) is 9.30. The molecule has 0 aliphatic carbocycles. The van der Waals surface area contributed by atoms with Crippen molar-refractivity contribution in [2.75, 3.05) is 33.2 Å². The lowest BCUT2D eigenvalue weighted by Crippen LogP contribution is -2.45. The maximum atomic E-state index is 12.7. The fraction of sp³-hybridized carbons (Fsp3) is 0.500. The summed E-state index contributed by atoms with van der Waals surface area (Å²) in [4.78, 5) is 4.06. The van der Waals surface area contributed by atoms with E-state index in [0.29, 0.717) is 18.7 Å². The monoisotopic (exact) mass is 283 g/mol. The summed E-state index contributed by atoms with van der Waals surface area (Å²) in [6, 6.07) is 6.55. The van der Waals surface area contributed by atoms with Gasteiger partial charge in [-0.3, -0.25) is 4.90 Å². The molecule has 1 atom stereocenters. The first-order valence-electron chi connectivity index (χ1n) is 6.41. The van der Waals surface area contributed by atoms with Gasteiger partial charge in [0.1, 0.15) is 6.04 Å². The highest BCUT2D eigenvalue weighted by Gasteiger charge is 2.32. The Morgan fingerprint density at radius 2 is 1.85 bits per heavy atom. The predicted molar refractivity (Wildman–Crippen MR) is 68.9 cm³/mol. The molecule has 0 aromatic heterocycles. The highest BCUT2D eigenvalue weighted by molar-refractivity contribution is 5.31. The molecule has 0 saturated carbocycles. The molecule has 0 bridgehead atoms. The van der Waals surface area contributed by atoms with Gasteiger partial charge in [-0.05, 0) is 24.7 Å². The first kappa shape index (κ1) is 14.8. The molecule has 0 amide bonds. The molecule has 108 valence electrons. The van der Waals surface area contributed by atoms with Crippen molar-refractivity contribution in [3.8, 4) is 6.07 Å². The van der Waals surface area contributed by atoms with Gasteiger partial charge in [-0.25, -0.2) is 0 Å². The molecule has 1 aromatic rings. The molecule has 1 aliphatic rings. The van der Waals surface area contributed by atoms with E-state index in [1.54, 1.807) is 6.07 Å². The number of nitriles is 1. The smallest absolute Gasteiger partial charge is 0.304 e. The maximum Gasteiger partial charge on any atom is 0.416 e. The Morgan fingerprint density at radius 3 is 2.40 bits per heavy atom. The van der Waals surface area contributed by atoms with Crippen LogP contribution in [0.15, 0.2) is 24.3 Å². The molecule has 1 aromatic carbocycles. The van der Waals surface area contributed by atoms with E-state index in [1.165, 1.54) is 6.07 Å². The number of alkyl halides is 3. The molecule has 1 saturated heterocycles. The minimum absolute atomic E-state index is 0.409. The number of nitrogens with zero attached hydrogens (tertiary/aromatic N) is 3. The van der Waals surface area contributed by atoms with E-state index in [9.17, 15) is 18.4 Å². The van der Waals surface area contributed by atoms with Crippen molar-refractivity contribution >= 4 is 0 Å². The Labute approximate surface area is 116 Å². The van der Waals surface area contributed by atoms with Crippen LogP contribution in [0.1, 0.15) is 17.2 Å². The molecule has 6 heteroatoms. The third-order valence-corrected chi connectivity index (χ3v) is 3.55. The van der Waals surface area contributed by atoms with Gasteiger partial charge < -0.3 is 4.90 Å². The molecule has 0 N–H and O–H groups in total. The number of likely N-dealkylation sites (N-methyl/N-ethyl adjacent to an activating group) is 1. The predicted octanol–water partition coefficient (Wildman–Crippen LogP) is 2.52. The van der Waals surface area contributed by atoms with E-state index in [0.717, 1.165) is 25.2 Å². The fourth-order valence-corrected chi connectivity index (χ4v) is 2.33. The molecule has 2 rings (SSSR count). The van der Waals surface area contributed by atoms with Crippen LogP contribution < -0.4 is 0 Å². The van der Waals surface area contributed by atoms with Crippen LogP contribution >= 0.6 is 0 Å². The first-order valence-corrected chi connectivity index (χ1v) is 6.41. The van der Waals surface area contributed by atoms with Gasteiger partial charge >= 0.3 is 6.18 Å². The van der Waals surface area contributed by atoms with Gasteiger partial charge in [0.05, 0.1) is 11.6 Å². The van der Waals surface area contributed by atoms with Crippen molar-refractivity contribution in [1.29, 1.82) is 5.26 Å². The third-order valence-electron chi connectivity index (χ3n) is 3.55. The lowest BCUT2D eigenvalue weighted by atomic mass is 10.0. The van der Waals surface area contributed by atoms with Crippen LogP contribution in [0.2, 0.25) is 0 Å². The molecule has 0 radical (unpaired) electrons. The summed E-state index contributed by atoms with van der Waals surface area (Å²) in [5.41, 5.74) is -0.295. The molecular weight excluding hydrogens is 267 g/mol. The lowest BCUT2D eigenvalue weighted by molar-refractivity contribution is -0.137. The highest BCUT2D eigenvalue weighted by Crippen LogP contribution is 2.32. The average Bonchev–Trinajstić information content (AvgIpc) is 2.41. The first-order chi connectivity index (χ1) is 9.41. The molecular formula is C14H16F3N3. The molecule has 1 fully saturated rings. The minimum atomic E-state index is -4.38. The maximum absolute atomic E-state index is 12.7. The Bertz CT molecular complexity index is 499. The fourth-order valence-electron chi connectivity index (χ4n) is 2.33. The van der Waals surface area contributed by atoms with Crippen LogP contribution in [0, 0.1) is 11.3 Å². The van der Waals surface area contributed by atoms with Crippen LogP contribution in [0.4, 0.5) is 13.2 Å². The van der Waals surface area contributed by atoms with Gasteiger partial charge in [0, 0.05) is 26.2 Å². The van der Waals surface area contributed by atoms with E-state index >= 15 is 0 Å². The van der Waals surface area contributed by atoms with E-state index in [-0.39, 0.29) is 0 Å². The van der Waals surface area contributed by atoms with Gasteiger partial charge in [0.25, 0.3) is 0 Å². The number of rotatable bonds is 2. The summed E-state index contributed by atoms with van der Waals surface area (Å²) in [6.07, 6.45) is -4.38. The van der Waals surface area contributed by atoms with Gasteiger partial charge in [0.15, 0.2) is 0 Å². The molecule has 1 heterocycles. The van der Waals surface area contributed by atoms with E-state index in [4.69, 9.17) is 0 Å². The van der Waals surface area contributed by atoms with Gasteiger partial charge in [-0.1, -0.05) is 12.1 Å². The second-order valence-corrected chi connectivity index (χ2v) is 4.99. The van der Waals surface area contributed by atoms with Gasteiger partial charge in [-0.15, -0.1) is 0 Å². The van der Waals surface area contributed by atoms with Crippen LogP contribution in [0.5, 0.6) is 0 Å². The molecule has 1 aliphatic heterocycles. The van der Waals surface area contributed by atoms with Gasteiger partial charge in [-0.2, -0.15) is 18.4 Å². The zero-order valence-electron chi connectivity index (χ0n) is 11.2. The second-order valence-electron chi connectivity index (χ2n) is 4.99. The van der Waals surface area contributed by atoms with Crippen LogP contribution in [-0.4, -0.2) is 43.0 Å². The summed E-state index contributed by atoms with van der Waals surface area (Å²) in [6.45, 7) is 3.00. The second kappa shape index (κ2) is 5.81. The number of halogens is 3. The number of piperazine rings is 1. The van der Waals surface area contributed by atoms with E-state index < -0.39 is 17.8 Å². The third kappa shape index (κ3) is 3.30. The quantitative estimate of drug-likeness (QED) is 0.835. The van der Waals surface area contributed by atoms with E-state index in [1.807, 2.05) is 11.9 Å². The molecule has 3 nitrogen and oxygen atoms in total. The summed E-state index contributed by atoms with van der Waals surface area (Å²) >= 11 is 0. The topological polar surface area (TPSA) is 30.3 Å². The van der Waals surface area contributed by atoms with Crippen LogP contribution in [0.25, 0.3) is 0 Å². The van der Waals surface area contributed by atoms with Gasteiger partial charge in [0.2, 0.25) is 0 Å². The van der Waals surface area contributed by atoms with Crippen molar-refractivity contribution in [2.24, 2.45) is 0 Å². The minimum Gasteiger partial charge on any atom is -0.304 e. The molecule has 20 heavy (non-hydrogen) atoms. The number of benzene rings is 1. The van der Waals surface area contributed by atoms with Crippen molar-refractivity contribution in [2.45, 2.75) is 12.2 Å². The van der Waals surface area contributed by atoms with Crippen LogP contribution in [0.3, 0.4) is 0 Å². The Balaban J connectivity index is 2.22.